The van der Waals surface area contributed by atoms with E-state index in [-0.39, 0.29) is 5.75 Å². The van der Waals surface area contributed by atoms with Gasteiger partial charge in [-0.05, 0) is 56.1 Å². The van der Waals surface area contributed by atoms with Gasteiger partial charge in [0.2, 0.25) is 0 Å². The highest BCUT2D eigenvalue weighted by molar-refractivity contribution is 5.41. The van der Waals surface area contributed by atoms with Crippen LogP contribution < -0.4 is 4.74 Å². The highest BCUT2D eigenvalue weighted by Gasteiger charge is 2.23. The predicted octanol–water partition coefficient (Wildman–Crippen LogP) is 3.54. The van der Waals surface area contributed by atoms with Crippen molar-refractivity contribution >= 4 is 0 Å². The predicted molar refractivity (Wildman–Crippen MR) is 106 cm³/mol. The van der Waals surface area contributed by atoms with Gasteiger partial charge in [-0.15, -0.1) is 0 Å². The van der Waals surface area contributed by atoms with Crippen LogP contribution in [0, 0.1) is 0 Å². The molecule has 0 aromatic heterocycles. The van der Waals surface area contributed by atoms with Gasteiger partial charge in [0.1, 0.15) is 0 Å². The van der Waals surface area contributed by atoms with Crippen molar-refractivity contribution in [1.29, 1.82) is 0 Å². The minimum Gasteiger partial charge on any atom is -0.504 e. The largest absolute Gasteiger partial charge is 0.504 e. The van der Waals surface area contributed by atoms with Crippen molar-refractivity contribution in [3.05, 3.63) is 59.7 Å². The molecule has 26 heavy (non-hydrogen) atoms. The normalized spacial score (nSPS) is 18.2. The summed E-state index contributed by atoms with van der Waals surface area (Å²) < 4.78 is 5.23. The van der Waals surface area contributed by atoms with Crippen LogP contribution in [-0.2, 0) is 13.0 Å². The smallest absolute Gasteiger partial charge is 0.160 e. The van der Waals surface area contributed by atoms with E-state index in [1.807, 2.05) is 12.1 Å². The number of piperidine rings is 1. The summed E-state index contributed by atoms with van der Waals surface area (Å²) in [4.78, 5) is 5.02. The summed E-state index contributed by atoms with van der Waals surface area (Å²) in [6.45, 7) is 4.22. The minimum absolute atomic E-state index is 0.202. The van der Waals surface area contributed by atoms with Crippen molar-refractivity contribution in [2.24, 2.45) is 0 Å². The van der Waals surface area contributed by atoms with Crippen LogP contribution in [0.15, 0.2) is 48.5 Å². The monoisotopic (exact) mass is 354 g/mol. The van der Waals surface area contributed by atoms with E-state index in [2.05, 4.69) is 47.2 Å². The van der Waals surface area contributed by atoms with Crippen LogP contribution in [-0.4, -0.2) is 54.7 Å². The fourth-order valence-corrected chi connectivity index (χ4v) is 3.75. The molecule has 1 aliphatic heterocycles. The second-order valence-corrected chi connectivity index (χ2v) is 7.25. The fourth-order valence-electron chi connectivity index (χ4n) is 3.75. The lowest BCUT2D eigenvalue weighted by molar-refractivity contribution is 0.112. The topological polar surface area (TPSA) is 35.9 Å². The number of rotatable bonds is 7. The highest BCUT2D eigenvalue weighted by Crippen LogP contribution is 2.27. The van der Waals surface area contributed by atoms with Gasteiger partial charge < -0.3 is 14.7 Å². The number of hydrogen-bond donors (Lipinski definition) is 1. The first-order valence-electron chi connectivity index (χ1n) is 9.48. The van der Waals surface area contributed by atoms with Crippen molar-refractivity contribution in [3.63, 3.8) is 0 Å². The van der Waals surface area contributed by atoms with Crippen LogP contribution in [0.3, 0.4) is 0 Å². The zero-order valence-electron chi connectivity index (χ0n) is 15.9. The lowest BCUT2D eigenvalue weighted by atomic mass is 10.0. The number of benzene rings is 2. The van der Waals surface area contributed by atoms with Gasteiger partial charge in [0.25, 0.3) is 0 Å². The molecule has 1 saturated heterocycles. The van der Waals surface area contributed by atoms with Crippen molar-refractivity contribution in [1.82, 2.24) is 9.80 Å². The molecule has 0 amide bonds. The van der Waals surface area contributed by atoms with Crippen LogP contribution in [0.5, 0.6) is 11.5 Å². The maximum atomic E-state index is 9.76. The molecular formula is C22H30N2O2. The molecule has 2 aromatic rings. The molecule has 3 rings (SSSR count). The summed E-state index contributed by atoms with van der Waals surface area (Å²) in [6.07, 6.45) is 3.60. The summed E-state index contributed by atoms with van der Waals surface area (Å²) in [6, 6.07) is 17.0. The van der Waals surface area contributed by atoms with Crippen LogP contribution in [0.2, 0.25) is 0 Å². The summed E-state index contributed by atoms with van der Waals surface area (Å²) >= 11 is 0. The second kappa shape index (κ2) is 9.06. The van der Waals surface area contributed by atoms with E-state index < -0.39 is 0 Å². The molecule has 1 N–H and O–H groups in total. The molecule has 0 aliphatic carbocycles. The molecule has 1 fully saturated rings. The van der Waals surface area contributed by atoms with Gasteiger partial charge in [0.15, 0.2) is 11.5 Å². The average molecular weight is 354 g/mol. The molecule has 4 nitrogen and oxygen atoms in total. The third-order valence-corrected chi connectivity index (χ3v) is 5.35. The molecular weight excluding hydrogens is 324 g/mol. The van der Waals surface area contributed by atoms with Crippen LogP contribution in [0.1, 0.15) is 24.0 Å². The van der Waals surface area contributed by atoms with Gasteiger partial charge in [-0.1, -0.05) is 36.4 Å². The molecule has 0 radical (unpaired) electrons. The Morgan fingerprint density at radius 3 is 2.73 bits per heavy atom. The summed E-state index contributed by atoms with van der Waals surface area (Å²) in [5.41, 5.74) is 2.59. The number of likely N-dealkylation sites (tertiary alicyclic amines) is 1. The number of phenolic OH excluding ortho intramolecular Hbond substituents is 1. The summed E-state index contributed by atoms with van der Waals surface area (Å²) in [5.74, 6) is 0.754. The first-order chi connectivity index (χ1) is 12.7. The van der Waals surface area contributed by atoms with Crippen molar-refractivity contribution in [3.8, 4) is 11.5 Å². The van der Waals surface area contributed by atoms with Crippen molar-refractivity contribution in [2.45, 2.75) is 31.8 Å². The van der Waals surface area contributed by atoms with E-state index in [1.165, 1.54) is 24.0 Å². The van der Waals surface area contributed by atoms with Gasteiger partial charge in [0, 0.05) is 25.7 Å². The van der Waals surface area contributed by atoms with Gasteiger partial charge in [-0.2, -0.15) is 0 Å². The third kappa shape index (κ3) is 4.99. The van der Waals surface area contributed by atoms with E-state index in [9.17, 15) is 5.11 Å². The molecule has 140 valence electrons. The minimum atomic E-state index is 0.202. The Kier molecular flexibility index (Phi) is 6.53. The van der Waals surface area contributed by atoms with Gasteiger partial charge >= 0.3 is 0 Å². The second-order valence-electron chi connectivity index (χ2n) is 7.25. The lowest BCUT2D eigenvalue weighted by Crippen LogP contribution is -2.46. The summed E-state index contributed by atoms with van der Waals surface area (Å²) in [5, 5.41) is 9.76. The Balaban J connectivity index is 1.53. The molecule has 0 spiro atoms. The maximum Gasteiger partial charge on any atom is 0.160 e. The Bertz CT molecular complexity index is 690. The number of ether oxygens (including phenoxy) is 1. The van der Waals surface area contributed by atoms with E-state index in [4.69, 9.17) is 4.74 Å². The fraction of sp³-hybridized carbons (Fsp3) is 0.455. The Hall–Kier alpha value is -2.04. The van der Waals surface area contributed by atoms with Crippen LogP contribution >= 0.6 is 0 Å². The first kappa shape index (κ1) is 18.7. The molecule has 0 saturated carbocycles. The number of hydrogen-bond acceptors (Lipinski definition) is 4. The average Bonchev–Trinajstić information content (AvgIpc) is 2.68. The van der Waals surface area contributed by atoms with E-state index >= 15 is 0 Å². The van der Waals surface area contributed by atoms with E-state index in [0.717, 1.165) is 32.6 Å². The zero-order chi connectivity index (χ0) is 18.4. The quantitative estimate of drug-likeness (QED) is 0.825. The number of nitrogens with zero attached hydrogens (tertiary/aromatic N) is 2. The standard InChI is InChI=1S/C22H30N2O2/c1-23(14-12-18-7-4-3-5-8-18)20-9-6-13-24(17-20)16-19-10-11-21(25)22(15-19)26-2/h3-5,7-8,10-11,15,20,25H,6,9,12-14,16-17H2,1-2H3/t20-/m1/s1. The molecule has 0 unspecified atom stereocenters. The third-order valence-electron chi connectivity index (χ3n) is 5.35. The number of methoxy groups -OCH3 is 1. The molecule has 1 aliphatic rings. The molecule has 1 atom stereocenters. The van der Waals surface area contributed by atoms with Crippen molar-refractivity contribution in [2.75, 3.05) is 33.8 Å². The van der Waals surface area contributed by atoms with E-state index in [0.29, 0.717) is 11.8 Å². The number of likely N-dealkylation sites (N-methyl/N-ethyl adjacent to an activating group) is 1. The molecule has 0 bridgehead atoms. The first-order valence-corrected chi connectivity index (χ1v) is 9.48. The highest BCUT2D eigenvalue weighted by atomic mass is 16.5. The Morgan fingerprint density at radius 2 is 1.96 bits per heavy atom. The number of aromatic hydroxyl groups is 1. The summed E-state index contributed by atoms with van der Waals surface area (Å²) in [7, 11) is 3.85. The maximum absolute atomic E-state index is 9.76. The number of phenols is 1. The van der Waals surface area contributed by atoms with Gasteiger partial charge in [-0.3, -0.25) is 4.90 Å². The molecule has 4 heteroatoms. The van der Waals surface area contributed by atoms with Crippen LogP contribution in [0.25, 0.3) is 0 Å². The Morgan fingerprint density at radius 1 is 1.15 bits per heavy atom. The SMILES string of the molecule is COc1cc(CN2CCC[C@@H](N(C)CCc3ccccc3)C2)ccc1O. The van der Waals surface area contributed by atoms with Gasteiger partial charge in [0.05, 0.1) is 7.11 Å². The Labute approximate surface area is 157 Å². The lowest BCUT2D eigenvalue weighted by Gasteiger charge is -2.37. The van der Waals surface area contributed by atoms with E-state index in [1.54, 1.807) is 13.2 Å². The van der Waals surface area contributed by atoms with Crippen molar-refractivity contribution < 1.29 is 9.84 Å². The molecule has 2 aromatic carbocycles. The van der Waals surface area contributed by atoms with Gasteiger partial charge in [-0.25, -0.2) is 0 Å². The zero-order valence-corrected chi connectivity index (χ0v) is 15.9. The van der Waals surface area contributed by atoms with Crippen LogP contribution in [0.4, 0.5) is 0 Å². The molecule has 1 heterocycles.